The van der Waals surface area contributed by atoms with E-state index in [2.05, 4.69) is 30.9 Å². The number of nitrogens with zero attached hydrogens (tertiary/aromatic N) is 2. The minimum Gasteiger partial charge on any atom is -0.480 e. The first kappa shape index (κ1) is 30.8. The number of aliphatic carboxylic acids is 1. The molecule has 0 aliphatic carbocycles. The van der Waals surface area contributed by atoms with E-state index in [1.165, 1.54) is 12.5 Å². The van der Waals surface area contributed by atoms with Gasteiger partial charge >= 0.3 is 5.97 Å². The van der Waals surface area contributed by atoms with Crippen LogP contribution < -0.4 is 38.9 Å². The topological polar surface area (TPSA) is 307 Å². The third-order valence-corrected chi connectivity index (χ3v) is 5.02. The lowest BCUT2D eigenvalue weighted by Gasteiger charge is -2.24. The molecule has 4 unspecified atom stereocenters. The van der Waals surface area contributed by atoms with Gasteiger partial charge in [0, 0.05) is 31.3 Å². The number of aliphatic hydroxyl groups excluding tert-OH is 1. The van der Waals surface area contributed by atoms with Gasteiger partial charge in [0.2, 0.25) is 23.6 Å². The van der Waals surface area contributed by atoms with Crippen LogP contribution >= 0.6 is 0 Å². The third-order valence-electron chi connectivity index (χ3n) is 5.02. The number of hydrogen-bond acceptors (Lipinski definition) is 9. The number of rotatable bonds is 17. The van der Waals surface area contributed by atoms with Crippen LogP contribution in [-0.4, -0.2) is 93.1 Å². The van der Waals surface area contributed by atoms with Crippen LogP contribution in [0.1, 0.15) is 31.4 Å². The second-order valence-corrected chi connectivity index (χ2v) is 8.05. The first-order chi connectivity index (χ1) is 17.4. The Kier molecular flexibility index (Phi) is 13.0. The Labute approximate surface area is 211 Å². The molecule has 0 saturated carbocycles. The van der Waals surface area contributed by atoms with Gasteiger partial charge in [-0.2, -0.15) is 0 Å². The Morgan fingerprint density at radius 1 is 0.973 bits per heavy atom. The maximum absolute atomic E-state index is 12.8. The number of aliphatic imine (C=N–C) groups is 1. The summed E-state index contributed by atoms with van der Waals surface area (Å²) in [6.45, 7) is -0.750. The highest BCUT2D eigenvalue weighted by atomic mass is 16.4. The number of amides is 4. The molecule has 206 valence electrons. The van der Waals surface area contributed by atoms with Gasteiger partial charge in [-0.1, -0.05) is 0 Å². The second-order valence-electron chi connectivity index (χ2n) is 8.05. The van der Waals surface area contributed by atoms with Crippen molar-refractivity contribution in [1.82, 2.24) is 25.9 Å². The lowest BCUT2D eigenvalue weighted by molar-refractivity contribution is -0.142. The van der Waals surface area contributed by atoms with Gasteiger partial charge in [-0.15, -0.1) is 0 Å². The van der Waals surface area contributed by atoms with Crippen LogP contribution in [0.5, 0.6) is 0 Å². The number of imidazole rings is 1. The number of guanidine groups is 1. The van der Waals surface area contributed by atoms with Crippen molar-refractivity contribution in [3.63, 3.8) is 0 Å². The molecule has 4 amide bonds. The number of aromatic nitrogens is 2. The quantitative estimate of drug-likeness (QED) is 0.0521. The highest BCUT2D eigenvalue weighted by Gasteiger charge is 2.30. The molecule has 0 aromatic carbocycles. The number of nitrogens with one attached hydrogen (secondary N) is 4. The molecule has 0 saturated heterocycles. The predicted molar refractivity (Wildman–Crippen MR) is 129 cm³/mol. The number of carboxylic acids is 1. The second kappa shape index (κ2) is 15.7. The summed E-state index contributed by atoms with van der Waals surface area (Å²) in [5.74, 6) is -4.89. The highest BCUT2D eigenvalue weighted by Crippen LogP contribution is 2.03. The van der Waals surface area contributed by atoms with Gasteiger partial charge in [-0.05, 0) is 19.3 Å². The molecular formula is C20H34N10O7. The molecule has 0 aliphatic heterocycles. The molecule has 1 heterocycles. The molecule has 0 radical (unpaired) electrons. The smallest absolute Gasteiger partial charge is 0.326 e. The first-order valence-electron chi connectivity index (χ1n) is 11.3. The number of carboxylic acid groups (broad SMARTS) is 1. The Morgan fingerprint density at radius 3 is 2.14 bits per heavy atom. The van der Waals surface area contributed by atoms with Crippen molar-refractivity contribution in [2.24, 2.45) is 27.9 Å². The van der Waals surface area contributed by atoms with Crippen LogP contribution in [0.25, 0.3) is 0 Å². The summed E-state index contributed by atoms with van der Waals surface area (Å²) in [6, 6.07) is -5.31. The van der Waals surface area contributed by atoms with E-state index < -0.39 is 60.4 Å². The van der Waals surface area contributed by atoms with Crippen molar-refractivity contribution in [3.05, 3.63) is 18.2 Å². The molecule has 0 spiro atoms. The average molecular weight is 527 g/mol. The Bertz CT molecular complexity index is 949. The van der Waals surface area contributed by atoms with Gasteiger partial charge in [-0.25, -0.2) is 9.78 Å². The molecule has 0 bridgehead atoms. The number of carbonyl (C=O) groups is 5. The zero-order valence-corrected chi connectivity index (χ0v) is 20.1. The van der Waals surface area contributed by atoms with Crippen molar-refractivity contribution in [2.45, 2.75) is 56.3 Å². The number of carbonyl (C=O) groups excluding carboxylic acids is 4. The third kappa shape index (κ3) is 11.8. The van der Waals surface area contributed by atoms with Gasteiger partial charge in [-0.3, -0.25) is 24.2 Å². The number of hydrogen-bond donors (Lipinski definition) is 10. The number of nitrogens with two attached hydrogens (primary N) is 4. The number of H-pyrrole nitrogens is 1. The van der Waals surface area contributed by atoms with Crippen molar-refractivity contribution in [3.8, 4) is 0 Å². The predicted octanol–water partition coefficient (Wildman–Crippen LogP) is -4.87. The van der Waals surface area contributed by atoms with Gasteiger partial charge in [0.1, 0.15) is 18.1 Å². The van der Waals surface area contributed by atoms with Crippen LogP contribution in [0.15, 0.2) is 17.5 Å². The maximum Gasteiger partial charge on any atom is 0.326 e. The molecule has 1 rings (SSSR count). The van der Waals surface area contributed by atoms with Crippen molar-refractivity contribution in [2.75, 3.05) is 13.2 Å². The fourth-order valence-electron chi connectivity index (χ4n) is 3.06. The number of aliphatic hydroxyl groups is 1. The van der Waals surface area contributed by atoms with Gasteiger partial charge in [0.15, 0.2) is 5.96 Å². The van der Waals surface area contributed by atoms with Crippen molar-refractivity contribution >= 4 is 35.6 Å². The molecule has 1 aromatic rings. The zero-order valence-electron chi connectivity index (χ0n) is 20.1. The van der Waals surface area contributed by atoms with E-state index >= 15 is 0 Å². The van der Waals surface area contributed by atoms with E-state index in [0.29, 0.717) is 5.69 Å². The Morgan fingerprint density at radius 2 is 1.59 bits per heavy atom. The highest BCUT2D eigenvalue weighted by molar-refractivity contribution is 5.94. The summed E-state index contributed by atoms with van der Waals surface area (Å²) in [5.41, 5.74) is 22.0. The van der Waals surface area contributed by atoms with Crippen LogP contribution in [0, 0.1) is 0 Å². The lowest BCUT2D eigenvalue weighted by atomic mass is 10.1. The summed E-state index contributed by atoms with van der Waals surface area (Å²) in [7, 11) is 0. The van der Waals surface area contributed by atoms with E-state index in [9.17, 15) is 34.2 Å². The molecule has 17 heteroatoms. The Balaban J connectivity index is 2.82. The molecule has 4 atom stereocenters. The molecule has 14 N–H and O–H groups in total. The van der Waals surface area contributed by atoms with E-state index in [1.807, 2.05) is 0 Å². The first-order valence-corrected chi connectivity index (χ1v) is 11.3. The molecule has 0 aliphatic rings. The zero-order chi connectivity index (χ0) is 28.0. The van der Waals surface area contributed by atoms with Crippen LogP contribution in [0.4, 0.5) is 0 Å². The standard InChI is InChI=1S/C20H34N10O7/c21-11(6-10-7-25-9-27-10)16(33)28-12(3-4-15(22)32)17(34)30-14(8-31)18(35)29-13(19(36)37)2-1-5-26-20(23)24/h7,9,11-14,31H,1-6,8,21H2,(H2,22,32)(H,25,27)(H,28,33)(H,29,35)(H,30,34)(H,36,37)(H4,23,24,26). The minimum absolute atomic E-state index is 0.0323. The normalized spacial score (nSPS) is 13.9. The minimum atomic E-state index is -1.56. The summed E-state index contributed by atoms with van der Waals surface area (Å²) in [6.07, 6.45) is 2.66. The summed E-state index contributed by atoms with van der Waals surface area (Å²) < 4.78 is 0. The van der Waals surface area contributed by atoms with Gasteiger partial charge < -0.3 is 54.1 Å². The lowest BCUT2D eigenvalue weighted by Crippen LogP contribution is -2.58. The largest absolute Gasteiger partial charge is 0.480 e. The molecule has 37 heavy (non-hydrogen) atoms. The fraction of sp³-hybridized carbons (Fsp3) is 0.550. The van der Waals surface area contributed by atoms with Crippen molar-refractivity contribution < 1.29 is 34.2 Å². The monoisotopic (exact) mass is 526 g/mol. The SMILES string of the molecule is NC(=O)CCC(NC(=O)C(N)Cc1cnc[nH]1)C(=O)NC(CO)C(=O)NC(CCCN=C(N)N)C(=O)O. The van der Waals surface area contributed by atoms with E-state index in [4.69, 9.17) is 22.9 Å². The molecule has 1 aromatic heterocycles. The Hall–Kier alpha value is -4.25. The van der Waals surface area contributed by atoms with Crippen molar-refractivity contribution in [1.29, 1.82) is 0 Å². The van der Waals surface area contributed by atoms with E-state index in [1.54, 1.807) is 0 Å². The number of aromatic amines is 1. The van der Waals surface area contributed by atoms with E-state index in [-0.39, 0.29) is 44.6 Å². The molecule has 0 fully saturated rings. The van der Waals surface area contributed by atoms with Crippen LogP contribution in [-0.2, 0) is 30.4 Å². The summed E-state index contributed by atoms with van der Waals surface area (Å²) >= 11 is 0. The summed E-state index contributed by atoms with van der Waals surface area (Å²) in [5, 5.41) is 25.8. The summed E-state index contributed by atoms with van der Waals surface area (Å²) in [4.78, 5) is 70.9. The van der Waals surface area contributed by atoms with E-state index in [0.717, 1.165) is 0 Å². The van der Waals surface area contributed by atoms with Gasteiger partial charge in [0.05, 0.1) is 19.0 Å². The molecule has 17 nitrogen and oxygen atoms in total. The van der Waals surface area contributed by atoms with Gasteiger partial charge in [0.25, 0.3) is 0 Å². The number of primary amides is 1. The fourth-order valence-corrected chi connectivity index (χ4v) is 3.06. The van der Waals surface area contributed by atoms with Crippen LogP contribution in [0.2, 0.25) is 0 Å². The maximum atomic E-state index is 12.8. The molecular weight excluding hydrogens is 492 g/mol. The average Bonchev–Trinajstić information content (AvgIpc) is 3.34. The van der Waals surface area contributed by atoms with Crippen LogP contribution in [0.3, 0.4) is 0 Å².